The van der Waals surface area contributed by atoms with Crippen molar-refractivity contribution in [3.05, 3.63) is 16.3 Å². The second kappa shape index (κ2) is 9.57. The van der Waals surface area contributed by atoms with E-state index in [2.05, 4.69) is 36.3 Å². The Balaban J connectivity index is 3.11. The Hall–Kier alpha value is -2.14. The standard InChI is InChI=1S/C18H28BrN3O7/c1-17(2,3)11(22-16(26)29-18(4,5)6)14-21-10(12(19)28-14)13(24)20-9(8-23)15(25)27-7/h9,11,23H,8H2,1-7H3,(H,20,24)(H,22,26)/t9-,11+/m0/s1. The number of aliphatic hydroxyl groups excluding tert-OH is 1. The quantitative estimate of drug-likeness (QED) is 0.530. The molecule has 0 unspecified atom stereocenters. The van der Waals surface area contributed by atoms with Crippen LogP contribution >= 0.6 is 15.9 Å². The molecular formula is C18H28BrN3O7. The number of halogens is 1. The lowest BCUT2D eigenvalue weighted by molar-refractivity contribution is -0.143. The summed E-state index contributed by atoms with van der Waals surface area (Å²) >= 11 is 3.12. The molecule has 3 N–H and O–H groups in total. The van der Waals surface area contributed by atoms with Crippen LogP contribution in [0.1, 0.15) is 64.0 Å². The van der Waals surface area contributed by atoms with Crippen LogP contribution in [0.4, 0.5) is 4.79 Å². The van der Waals surface area contributed by atoms with Gasteiger partial charge in [-0.3, -0.25) is 4.79 Å². The molecule has 0 saturated carbocycles. The monoisotopic (exact) mass is 477 g/mol. The molecule has 0 aliphatic heterocycles. The Kier molecular flexibility index (Phi) is 8.22. The van der Waals surface area contributed by atoms with Gasteiger partial charge in [-0.15, -0.1) is 0 Å². The highest BCUT2D eigenvalue weighted by molar-refractivity contribution is 9.10. The third-order valence-electron chi connectivity index (χ3n) is 3.57. The first-order valence-electron chi connectivity index (χ1n) is 8.85. The summed E-state index contributed by atoms with van der Waals surface area (Å²) in [4.78, 5) is 40.4. The minimum Gasteiger partial charge on any atom is -0.467 e. The van der Waals surface area contributed by atoms with Crippen LogP contribution in [0.5, 0.6) is 0 Å². The van der Waals surface area contributed by atoms with E-state index < -0.39 is 47.7 Å². The maximum absolute atomic E-state index is 12.5. The predicted octanol–water partition coefficient (Wildman–Crippen LogP) is 2.31. The van der Waals surface area contributed by atoms with Crippen molar-refractivity contribution in [2.75, 3.05) is 13.7 Å². The number of methoxy groups -OCH3 is 1. The van der Waals surface area contributed by atoms with Crippen molar-refractivity contribution in [2.45, 2.75) is 59.2 Å². The summed E-state index contributed by atoms with van der Waals surface area (Å²) in [7, 11) is 1.14. The Bertz CT molecular complexity index is 750. The van der Waals surface area contributed by atoms with E-state index >= 15 is 0 Å². The molecule has 0 saturated heterocycles. The Morgan fingerprint density at radius 2 is 1.76 bits per heavy atom. The molecule has 1 aromatic heterocycles. The topological polar surface area (TPSA) is 140 Å². The van der Waals surface area contributed by atoms with E-state index in [0.717, 1.165) is 7.11 Å². The van der Waals surface area contributed by atoms with Gasteiger partial charge in [-0.25, -0.2) is 14.6 Å². The van der Waals surface area contributed by atoms with Gasteiger partial charge in [0, 0.05) is 0 Å². The number of alkyl carbamates (subject to hydrolysis) is 1. The molecule has 0 radical (unpaired) electrons. The molecule has 0 bridgehead atoms. The molecule has 2 atom stereocenters. The minimum atomic E-state index is -1.25. The lowest BCUT2D eigenvalue weighted by Crippen LogP contribution is -2.44. The van der Waals surface area contributed by atoms with Crippen molar-refractivity contribution in [1.82, 2.24) is 15.6 Å². The summed E-state index contributed by atoms with van der Waals surface area (Å²) in [6.45, 7) is 10.1. The van der Waals surface area contributed by atoms with Gasteiger partial charge in [-0.2, -0.15) is 0 Å². The second-order valence-corrected chi connectivity index (χ2v) is 9.07. The van der Waals surface area contributed by atoms with E-state index in [1.807, 2.05) is 20.8 Å². The van der Waals surface area contributed by atoms with Crippen LogP contribution in [-0.2, 0) is 14.3 Å². The molecule has 1 aromatic rings. The number of amides is 2. The molecule has 0 aliphatic rings. The van der Waals surface area contributed by atoms with Gasteiger partial charge in [-0.1, -0.05) is 20.8 Å². The third-order valence-corrected chi connectivity index (χ3v) is 4.10. The zero-order chi connectivity index (χ0) is 22.6. The van der Waals surface area contributed by atoms with E-state index in [1.165, 1.54) is 0 Å². The van der Waals surface area contributed by atoms with Gasteiger partial charge < -0.3 is 29.6 Å². The largest absolute Gasteiger partial charge is 0.467 e. The van der Waals surface area contributed by atoms with Crippen LogP contribution < -0.4 is 10.6 Å². The highest BCUT2D eigenvalue weighted by Gasteiger charge is 2.35. The Morgan fingerprint density at radius 1 is 1.17 bits per heavy atom. The maximum atomic E-state index is 12.5. The van der Waals surface area contributed by atoms with E-state index in [-0.39, 0.29) is 16.3 Å². The molecule has 11 heteroatoms. The van der Waals surface area contributed by atoms with Crippen LogP contribution in [0.15, 0.2) is 9.09 Å². The lowest BCUT2D eigenvalue weighted by Gasteiger charge is -2.30. The number of esters is 1. The molecular weight excluding hydrogens is 450 g/mol. The van der Waals surface area contributed by atoms with Gasteiger partial charge in [0.1, 0.15) is 11.6 Å². The highest BCUT2D eigenvalue weighted by atomic mass is 79.9. The number of carbonyl (C=O) groups is 3. The summed E-state index contributed by atoms with van der Waals surface area (Å²) in [6.07, 6.45) is -0.663. The minimum absolute atomic E-state index is 0.00629. The zero-order valence-electron chi connectivity index (χ0n) is 17.6. The first-order valence-corrected chi connectivity index (χ1v) is 9.64. The molecule has 1 heterocycles. The number of nitrogens with one attached hydrogen (secondary N) is 2. The van der Waals surface area contributed by atoms with Crippen molar-refractivity contribution >= 4 is 33.9 Å². The summed E-state index contributed by atoms with van der Waals surface area (Å²) in [5, 5.41) is 14.3. The number of ether oxygens (including phenoxy) is 2. The normalized spacial score (nSPS) is 14.0. The van der Waals surface area contributed by atoms with Crippen molar-refractivity contribution in [3.63, 3.8) is 0 Å². The number of aromatic nitrogens is 1. The van der Waals surface area contributed by atoms with Crippen molar-refractivity contribution in [2.24, 2.45) is 5.41 Å². The number of hydrogen-bond donors (Lipinski definition) is 3. The van der Waals surface area contributed by atoms with Crippen molar-refractivity contribution < 1.29 is 33.4 Å². The van der Waals surface area contributed by atoms with Gasteiger partial charge in [0.25, 0.3) is 5.91 Å². The molecule has 164 valence electrons. The Morgan fingerprint density at radius 3 is 2.21 bits per heavy atom. The van der Waals surface area contributed by atoms with Gasteiger partial charge in [0.05, 0.1) is 13.7 Å². The first kappa shape index (κ1) is 24.9. The van der Waals surface area contributed by atoms with E-state index in [4.69, 9.17) is 9.15 Å². The molecule has 10 nitrogen and oxygen atoms in total. The van der Waals surface area contributed by atoms with Gasteiger partial charge >= 0.3 is 12.1 Å². The molecule has 2 amide bonds. The average Bonchev–Trinajstić information content (AvgIpc) is 2.95. The second-order valence-electron chi connectivity index (χ2n) is 8.35. The van der Waals surface area contributed by atoms with Crippen molar-refractivity contribution in [3.8, 4) is 0 Å². The molecule has 0 aromatic carbocycles. The predicted molar refractivity (Wildman–Crippen MR) is 106 cm³/mol. The molecule has 0 spiro atoms. The average molecular weight is 478 g/mol. The number of hydrogen-bond acceptors (Lipinski definition) is 8. The van der Waals surface area contributed by atoms with Crippen LogP contribution in [0, 0.1) is 5.41 Å². The van der Waals surface area contributed by atoms with Gasteiger partial charge in [0.2, 0.25) is 10.6 Å². The maximum Gasteiger partial charge on any atom is 0.408 e. The SMILES string of the molecule is COC(=O)[C@H](CO)NC(=O)c1nc([C@@H](NC(=O)OC(C)(C)C)C(C)(C)C)oc1Br. The number of nitrogens with zero attached hydrogens (tertiary/aromatic N) is 1. The number of aliphatic hydroxyl groups is 1. The van der Waals surface area contributed by atoms with Crippen LogP contribution in [0.2, 0.25) is 0 Å². The Labute approximate surface area is 177 Å². The zero-order valence-corrected chi connectivity index (χ0v) is 19.2. The van der Waals surface area contributed by atoms with E-state index in [9.17, 15) is 19.5 Å². The van der Waals surface area contributed by atoms with Crippen LogP contribution in [-0.4, -0.2) is 53.4 Å². The molecule has 0 fully saturated rings. The number of oxazole rings is 1. The summed E-state index contributed by atoms with van der Waals surface area (Å²) in [5.74, 6) is -1.50. The fourth-order valence-corrected chi connectivity index (χ4v) is 2.64. The summed E-state index contributed by atoms with van der Waals surface area (Å²) in [6, 6.07) is -1.97. The lowest BCUT2D eigenvalue weighted by atomic mass is 9.86. The summed E-state index contributed by atoms with van der Waals surface area (Å²) in [5.41, 5.74) is -1.38. The number of carbonyl (C=O) groups excluding carboxylic acids is 3. The van der Waals surface area contributed by atoms with Gasteiger partial charge in [0.15, 0.2) is 11.7 Å². The molecule has 1 rings (SSSR count). The van der Waals surface area contributed by atoms with Crippen LogP contribution in [0.25, 0.3) is 0 Å². The van der Waals surface area contributed by atoms with E-state index in [1.54, 1.807) is 20.8 Å². The molecule has 0 aliphatic carbocycles. The third kappa shape index (κ3) is 7.32. The summed E-state index contributed by atoms with van der Waals surface area (Å²) < 4.78 is 15.4. The highest BCUT2D eigenvalue weighted by Crippen LogP contribution is 2.34. The van der Waals surface area contributed by atoms with Crippen molar-refractivity contribution in [1.29, 1.82) is 0 Å². The van der Waals surface area contributed by atoms with Gasteiger partial charge in [-0.05, 0) is 42.1 Å². The molecule has 29 heavy (non-hydrogen) atoms. The smallest absolute Gasteiger partial charge is 0.408 e. The van der Waals surface area contributed by atoms with Crippen LogP contribution in [0.3, 0.4) is 0 Å². The first-order chi connectivity index (χ1) is 13.2. The fraction of sp³-hybridized carbons (Fsp3) is 0.667. The fourth-order valence-electron chi connectivity index (χ4n) is 2.20. The van der Waals surface area contributed by atoms with E-state index in [0.29, 0.717) is 0 Å². The number of rotatable bonds is 6.